The zero-order valence-corrected chi connectivity index (χ0v) is 13.8. The number of phenolic OH excluding ortho intramolecular Hbond substituents is 1. The average Bonchev–Trinajstić information content (AvgIpc) is 3.18. The maximum Gasteiger partial charge on any atom is 0.253 e. The van der Waals surface area contributed by atoms with Gasteiger partial charge in [-0.25, -0.2) is 8.60 Å². The number of aromatic hydroxyl groups is 1. The number of hydrogen-bond acceptors (Lipinski definition) is 5. The third-order valence-electron chi connectivity index (χ3n) is 4.27. The van der Waals surface area contributed by atoms with Gasteiger partial charge in [-0.1, -0.05) is 0 Å². The Morgan fingerprint density at radius 1 is 1.38 bits per heavy atom. The van der Waals surface area contributed by atoms with Crippen LogP contribution in [0.15, 0.2) is 18.3 Å². The van der Waals surface area contributed by atoms with Gasteiger partial charge in [0.2, 0.25) is 17.1 Å². The molecule has 2 heterocycles. The number of nitrogens with zero attached hydrogens (tertiary/aromatic N) is 4. The van der Waals surface area contributed by atoms with E-state index >= 15 is 0 Å². The van der Waals surface area contributed by atoms with Crippen LogP contribution in [0.3, 0.4) is 0 Å². The fourth-order valence-corrected chi connectivity index (χ4v) is 3.81. The van der Waals surface area contributed by atoms with Gasteiger partial charge < -0.3 is 5.11 Å². The number of aromatic nitrogens is 2. The number of nitrogens with one attached hydrogen (secondary N) is 1. The van der Waals surface area contributed by atoms with Crippen LogP contribution >= 0.6 is 0 Å². The third-order valence-corrected chi connectivity index (χ3v) is 5.39. The fourth-order valence-electron chi connectivity index (χ4n) is 2.87. The highest BCUT2D eigenvalue weighted by molar-refractivity contribution is 7.85. The maximum atomic E-state index is 15.0. The second-order valence-electron chi connectivity index (χ2n) is 5.96. The summed E-state index contributed by atoms with van der Waals surface area (Å²) in [5.74, 6) is -3.34. The van der Waals surface area contributed by atoms with Crippen molar-refractivity contribution < 1.29 is 22.9 Å². The van der Waals surface area contributed by atoms with Crippen molar-refractivity contribution in [1.29, 1.82) is 5.26 Å². The lowest BCUT2D eigenvalue weighted by atomic mass is 10.1. The van der Waals surface area contributed by atoms with Crippen molar-refractivity contribution in [2.45, 2.75) is 12.5 Å². The van der Waals surface area contributed by atoms with Gasteiger partial charge in [0, 0.05) is 11.8 Å². The fraction of sp³-hybridized carbons (Fsp3) is 0.267. The number of carbonyl (C=O) groups excluding carboxylic acids is 1. The van der Waals surface area contributed by atoms with Crippen LogP contribution in [-0.2, 0) is 16.0 Å². The highest BCUT2D eigenvalue weighted by Crippen LogP contribution is 2.44. The summed E-state index contributed by atoms with van der Waals surface area (Å²) in [5, 5.41) is 22.5. The first-order valence-electron chi connectivity index (χ1n) is 7.55. The minimum Gasteiger partial charge on any atom is -0.506 e. The Bertz CT molecular complexity index is 1000. The molecule has 2 fully saturated rings. The van der Waals surface area contributed by atoms with Gasteiger partial charge >= 0.3 is 0 Å². The molecule has 3 atom stereocenters. The monoisotopic (exact) mass is 379 g/mol. The molecule has 1 aliphatic heterocycles. The van der Waals surface area contributed by atoms with Crippen LogP contribution in [0.4, 0.5) is 14.5 Å². The predicted octanol–water partition coefficient (Wildman–Crippen LogP) is 1.13. The molecule has 0 bridgehead atoms. The smallest absolute Gasteiger partial charge is 0.253 e. The molecule has 0 spiro atoms. The molecule has 2 aliphatic rings. The van der Waals surface area contributed by atoms with Crippen molar-refractivity contribution in [3.8, 4) is 22.9 Å². The molecule has 2 aromatic rings. The van der Waals surface area contributed by atoms with Crippen LogP contribution in [0.25, 0.3) is 11.1 Å². The van der Waals surface area contributed by atoms with E-state index < -0.39 is 46.8 Å². The first-order chi connectivity index (χ1) is 12.4. The summed E-state index contributed by atoms with van der Waals surface area (Å²) in [6.45, 7) is -0.409. The lowest BCUT2D eigenvalue weighted by Crippen LogP contribution is -2.23. The number of carbonyl (C=O) groups is 1. The quantitative estimate of drug-likeness (QED) is 0.831. The average molecular weight is 379 g/mol. The van der Waals surface area contributed by atoms with Crippen LogP contribution in [-0.4, -0.2) is 31.5 Å². The number of hydrogen-bond donors (Lipinski definition) is 2. The Labute approximate surface area is 148 Å². The molecule has 3 unspecified atom stereocenters. The summed E-state index contributed by atoms with van der Waals surface area (Å²) in [7, 11) is 0. The van der Waals surface area contributed by atoms with Crippen LogP contribution in [0.5, 0.6) is 5.75 Å². The van der Waals surface area contributed by atoms with Crippen LogP contribution in [0.2, 0.25) is 0 Å². The van der Waals surface area contributed by atoms with Crippen molar-refractivity contribution >= 4 is 22.8 Å². The molecule has 4 rings (SSSR count). The molecule has 0 radical (unpaired) electrons. The normalized spacial score (nSPS) is 24.4. The van der Waals surface area contributed by atoms with E-state index in [1.54, 1.807) is 0 Å². The largest absolute Gasteiger partial charge is 0.506 e. The molecule has 1 aliphatic carbocycles. The van der Waals surface area contributed by atoms with Gasteiger partial charge in [0.05, 0.1) is 23.6 Å². The SMILES string of the molecule is N#CC1CC1n1cc(-c2ccc(O)c(N3CC(=O)NS3=O)c2F)c(F)n1. The predicted molar refractivity (Wildman–Crippen MR) is 85.6 cm³/mol. The minimum atomic E-state index is -2.05. The minimum absolute atomic E-state index is 0.156. The number of rotatable bonds is 3. The molecule has 26 heavy (non-hydrogen) atoms. The lowest BCUT2D eigenvalue weighted by Gasteiger charge is -2.17. The third kappa shape index (κ3) is 2.50. The molecule has 1 aromatic carbocycles. The van der Waals surface area contributed by atoms with Gasteiger partial charge in [0.1, 0.15) is 18.0 Å². The van der Waals surface area contributed by atoms with Crippen molar-refractivity contribution in [2.24, 2.45) is 5.92 Å². The molecular formula is C15H11F2N5O3S. The molecule has 1 saturated carbocycles. The van der Waals surface area contributed by atoms with Crippen molar-refractivity contribution in [3.63, 3.8) is 0 Å². The van der Waals surface area contributed by atoms with Crippen molar-refractivity contribution in [1.82, 2.24) is 14.5 Å². The summed E-state index contributed by atoms with van der Waals surface area (Å²) >= 11 is -2.05. The molecule has 1 amide bonds. The molecular weight excluding hydrogens is 368 g/mol. The van der Waals surface area contributed by atoms with Crippen LogP contribution in [0.1, 0.15) is 12.5 Å². The second kappa shape index (κ2) is 5.77. The summed E-state index contributed by atoms with van der Waals surface area (Å²) in [5.41, 5.74) is -0.823. The van der Waals surface area contributed by atoms with E-state index in [-0.39, 0.29) is 23.1 Å². The lowest BCUT2D eigenvalue weighted by molar-refractivity contribution is -0.117. The zero-order valence-electron chi connectivity index (χ0n) is 13.0. The topological polar surface area (TPSA) is 111 Å². The Kier molecular flexibility index (Phi) is 3.66. The Morgan fingerprint density at radius 2 is 2.15 bits per heavy atom. The number of anilines is 1. The van der Waals surface area contributed by atoms with E-state index in [2.05, 4.69) is 15.9 Å². The van der Waals surface area contributed by atoms with E-state index in [0.717, 1.165) is 10.4 Å². The van der Waals surface area contributed by atoms with Gasteiger partial charge in [0.15, 0.2) is 5.82 Å². The van der Waals surface area contributed by atoms with Crippen LogP contribution in [0, 0.1) is 29.0 Å². The summed E-state index contributed by atoms with van der Waals surface area (Å²) in [4.78, 5) is 11.4. The van der Waals surface area contributed by atoms with Crippen molar-refractivity contribution in [3.05, 3.63) is 30.1 Å². The van der Waals surface area contributed by atoms with Gasteiger partial charge in [-0.3, -0.25) is 18.5 Å². The van der Waals surface area contributed by atoms with E-state index in [1.165, 1.54) is 16.9 Å². The van der Waals surface area contributed by atoms with E-state index in [4.69, 9.17) is 5.26 Å². The molecule has 1 saturated heterocycles. The number of benzene rings is 1. The molecule has 1 aromatic heterocycles. The van der Waals surface area contributed by atoms with Gasteiger partial charge in [-0.05, 0) is 18.6 Å². The molecule has 11 heteroatoms. The van der Waals surface area contributed by atoms with Gasteiger partial charge in [0.25, 0.3) is 5.91 Å². The number of nitriles is 1. The highest BCUT2D eigenvalue weighted by atomic mass is 32.2. The van der Waals surface area contributed by atoms with E-state index in [9.17, 15) is 22.9 Å². The summed E-state index contributed by atoms with van der Waals surface area (Å²) in [6, 6.07) is 4.10. The second-order valence-corrected chi connectivity index (χ2v) is 7.10. The van der Waals surface area contributed by atoms with Gasteiger partial charge in [-0.2, -0.15) is 9.65 Å². The molecule has 134 valence electrons. The van der Waals surface area contributed by atoms with Crippen molar-refractivity contribution in [2.75, 3.05) is 10.8 Å². The Balaban J connectivity index is 1.77. The van der Waals surface area contributed by atoms with Crippen LogP contribution < -0.4 is 9.03 Å². The Morgan fingerprint density at radius 3 is 2.77 bits per heavy atom. The van der Waals surface area contributed by atoms with E-state index in [0.29, 0.717) is 6.42 Å². The number of halogens is 2. The zero-order chi connectivity index (χ0) is 18.6. The van der Waals surface area contributed by atoms with E-state index in [1.807, 2.05) is 0 Å². The maximum absolute atomic E-state index is 15.0. The summed E-state index contributed by atoms with van der Waals surface area (Å²) < 4.78 is 45.4. The number of phenols is 1. The van der Waals surface area contributed by atoms with Gasteiger partial charge in [-0.15, -0.1) is 5.10 Å². The first kappa shape index (κ1) is 16.5. The first-order valence-corrected chi connectivity index (χ1v) is 8.66. The molecule has 8 nitrogen and oxygen atoms in total. The standard InChI is InChI=1S/C15H11F2N5O3S/c16-13-8(9-5-21(19-15(9)17)10-3-7(10)4-18)1-2-11(23)14(13)22-6-12(24)20-26(22)25/h1-2,5,7,10,23H,3,6H2,(H,20,24). The summed E-state index contributed by atoms with van der Waals surface area (Å²) in [6.07, 6.45) is 1.84. The number of amides is 1. The Hall–Kier alpha value is -3.00. The highest BCUT2D eigenvalue weighted by Gasteiger charge is 2.40. The molecule has 2 N–H and O–H groups in total.